The van der Waals surface area contributed by atoms with Crippen LogP contribution in [-0.4, -0.2) is 21.6 Å². The van der Waals surface area contributed by atoms with Crippen molar-refractivity contribution in [1.82, 2.24) is 4.57 Å². The van der Waals surface area contributed by atoms with Crippen LogP contribution in [-0.2, 0) is 4.79 Å². The summed E-state index contributed by atoms with van der Waals surface area (Å²) in [6.07, 6.45) is 3.16. The van der Waals surface area contributed by atoms with Gasteiger partial charge in [0.2, 0.25) is 0 Å². The molecule has 0 saturated heterocycles. The molecule has 0 spiro atoms. The summed E-state index contributed by atoms with van der Waals surface area (Å²) >= 11 is 5.82. The minimum atomic E-state index is -1.04. The van der Waals surface area contributed by atoms with Crippen molar-refractivity contribution in [2.24, 2.45) is 0 Å². The molecule has 0 aliphatic rings. The maximum atomic E-state index is 12.4. The molecule has 3 aromatic rings. The summed E-state index contributed by atoms with van der Waals surface area (Å²) in [5.74, 6) is -1.59. The Balaban J connectivity index is 1.90. The van der Waals surface area contributed by atoms with Crippen LogP contribution >= 0.6 is 11.6 Å². The normalized spacial score (nSPS) is 10.9. The number of amides is 1. The summed E-state index contributed by atoms with van der Waals surface area (Å²) in [6, 6.07) is 18.3. The molecule has 138 valence electrons. The largest absolute Gasteiger partial charge is 0.478 e. The van der Waals surface area contributed by atoms with Gasteiger partial charge >= 0.3 is 5.97 Å². The van der Waals surface area contributed by atoms with Crippen molar-refractivity contribution >= 4 is 35.2 Å². The third-order valence-corrected chi connectivity index (χ3v) is 4.16. The first-order chi connectivity index (χ1) is 13.5. The van der Waals surface area contributed by atoms with Crippen LogP contribution in [0.4, 0.5) is 5.69 Å². The molecular formula is C21H14ClN3O3. The average Bonchev–Trinajstić information content (AvgIpc) is 3.16. The van der Waals surface area contributed by atoms with Crippen molar-refractivity contribution in [3.8, 4) is 11.8 Å². The Kier molecular flexibility index (Phi) is 5.58. The molecule has 1 heterocycles. The van der Waals surface area contributed by atoms with Crippen LogP contribution in [0.15, 0.2) is 72.4 Å². The van der Waals surface area contributed by atoms with Gasteiger partial charge in [0.1, 0.15) is 11.6 Å². The van der Waals surface area contributed by atoms with Gasteiger partial charge in [0.05, 0.1) is 5.56 Å². The van der Waals surface area contributed by atoms with E-state index in [0.29, 0.717) is 22.1 Å². The predicted molar refractivity (Wildman–Crippen MR) is 106 cm³/mol. The molecule has 0 radical (unpaired) electrons. The third-order valence-electron chi connectivity index (χ3n) is 3.91. The van der Waals surface area contributed by atoms with E-state index in [4.69, 9.17) is 16.7 Å². The van der Waals surface area contributed by atoms with Crippen LogP contribution in [0.5, 0.6) is 0 Å². The number of carboxylic acids is 1. The zero-order valence-corrected chi connectivity index (χ0v) is 15.2. The zero-order chi connectivity index (χ0) is 20.1. The van der Waals surface area contributed by atoms with Crippen molar-refractivity contribution in [3.63, 3.8) is 0 Å². The number of nitriles is 1. The molecule has 7 heteroatoms. The number of halogens is 1. The lowest BCUT2D eigenvalue weighted by atomic mass is 10.2. The Hall–Kier alpha value is -3.82. The van der Waals surface area contributed by atoms with Gasteiger partial charge in [-0.25, -0.2) is 4.79 Å². The van der Waals surface area contributed by atoms with E-state index in [9.17, 15) is 14.9 Å². The molecule has 2 aromatic carbocycles. The van der Waals surface area contributed by atoms with Gasteiger partial charge in [-0.2, -0.15) is 5.26 Å². The number of carbonyl (C=O) groups excluding carboxylic acids is 1. The first kappa shape index (κ1) is 19.0. The maximum Gasteiger partial charge on any atom is 0.335 e. The van der Waals surface area contributed by atoms with Crippen LogP contribution < -0.4 is 5.32 Å². The second-order valence-corrected chi connectivity index (χ2v) is 6.23. The zero-order valence-electron chi connectivity index (χ0n) is 14.5. The fourth-order valence-corrected chi connectivity index (χ4v) is 2.69. The number of hydrogen-bond donors (Lipinski definition) is 2. The van der Waals surface area contributed by atoms with Crippen molar-refractivity contribution in [3.05, 3.63) is 88.7 Å². The van der Waals surface area contributed by atoms with E-state index in [1.54, 1.807) is 59.3 Å². The van der Waals surface area contributed by atoms with Crippen LogP contribution in [0.3, 0.4) is 0 Å². The highest BCUT2D eigenvalue weighted by Gasteiger charge is 2.12. The highest BCUT2D eigenvalue weighted by atomic mass is 35.5. The minimum Gasteiger partial charge on any atom is -0.478 e. The van der Waals surface area contributed by atoms with E-state index < -0.39 is 11.9 Å². The lowest BCUT2D eigenvalue weighted by Crippen LogP contribution is -2.13. The molecular weight excluding hydrogens is 378 g/mol. The fourth-order valence-electron chi connectivity index (χ4n) is 2.56. The Morgan fingerprint density at radius 2 is 1.86 bits per heavy atom. The average molecular weight is 392 g/mol. The van der Waals surface area contributed by atoms with Gasteiger partial charge in [0, 0.05) is 28.3 Å². The summed E-state index contributed by atoms with van der Waals surface area (Å²) < 4.78 is 1.69. The number of carbonyl (C=O) groups is 2. The summed E-state index contributed by atoms with van der Waals surface area (Å²) in [7, 11) is 0. The molecule has 0 aliphatic carbocycles. The van der Waals surface area contributed by atoms with E-state index in [1.165, 1.54) is 18.2 Å². The number of nitrogens with one attached hydrogen (secondary N) is 1. The van der Waals surface area contributed by atoms with Crippen molar-refractivity contribution in [2.75, 3.05) is 5.32 Å². The molecule has 1 aromatic heterocycles. The van der Waals surface area contributed by atoms with Crippen LogP contribution in [0.1, 0.15) is 16.1 Å². The molecule has 0 unspecified atom stereocenters. The van der Waals surface area contributed by atoms with Gasteiger partial charge in [-0.05, 0) is 60.7 Å². The van der Waals surface area contributed by atoms with Crippen LogP contribution in [0.2, 0.25) is 5.02 Å². The number of aromatic carboxylic acids is 1. The monoisotopic (exact) mass is 391 g/mol. The number of carboxylic acid groups (broad SMARTS) is 1. The molecule has 0 bridgehead atoms. The summed E-state index contributed by atoms with van der Waals surface area (Å²) in [6.45, 7) is 0. The number of nitrogens with zero attached hydrogens (tertiary/aromatic N) is 2. The Morgan fingerprint density at radius 3 is 2.54 bits per heavy atom. The van der Waals surface area contributed by atoms with Gasteiger partial charge in [0.15, 0.2) is 0 Å². The van der Waals surface area contributed by atoms with E-state index in [2.05, 4.69) is 5.32 Å². The lowest BCUT2D eigenvalue weighted by Gasteiger charge is -2.08. The molecule has 1 amide bonds. The standard InChI is InChI=1S/C21H14ClN3O3/c22-16-6-8-17(9-7-16)24-20(26)15(13-23)12-19-5-2-10-25(19)18-4-1-3-14(11-18)21(27)28/h1-12H,(H,24,26)(H,27,28)/b15-12-. The fraction of sp³-hybridized carbons (Fsp3) is 0. The van der Waals surface area contributed by atoms with E-state index in [-0.39, 0.29) is 11.1 Å². The lowest BCUT2D eigenvalue weighted by molar-refractivity contribution is -0.112. The first-order valence-electron chi connectivity index (χ1n) is 8.18. The van der Waals surface area contributed by atoms with Crippen LogP contribution in [0.25, 0.3) is 11.8 Å². The Morgan fingerprint density at radius 1 is 1.11 bits per heavy atom. The third kappa shape index (κ3) is 4.29. The van der Waals surface area contributed by atoms with E-state index >= 15 is 0 Å². The summed E-state index contributed by atoms with van der Waals surface area (Å²) in [4.78, 5) is 23.6. The second-order valence-electron chi connectivity index (χ2n) is 5.79. The number of aromatic nitrogens is 1. The Bertz CT molecular complexity index is 1110. The number of hydrogen-bond acceptors (Lipinski definition) is 3. The molecule has 0 saturated carbocycles. The molecule has 0 aliphatic heterocycles. The topological polar surface area (TPSA) is 95.1 Å². The molecule has 2 N–H and O–H groups in total. The van der Waals surface area contributed by atoms with Gasteiger partial charge < -0.3 is 15.0 Å². The van der Waals surface area contributed by atoms with E-state index in [0.717, 1.165) is 0 Å². The van der Waals surface area contributed by atoms with Crippen molar-refractivity contribution < 1.29 is 14.7 Å². The van der Waals surface area contributed by atoms with E-state index in [1.807, 2.05) is 6.07 Å². The van der Waals surface area contributed by atoms with Crippen LogP contribution in [0, 0.1) is 11.3 Å². The predicted octanol–water partition coefficient (Wildman–Crippen LogP) is 4.37. The molecule has 0 fully saturated rings. The van der Waals surface area contributed by atoms with Gasteiger partial charge in [-0.15, -0.1) is 0 Å². The first-order valence-corrected chi connectivity index (χ1v) is 8.55. The summed E-state index contributed by atoms with van der Waals surface area (Å²) in [5, 5.41) is 21.8. The minimum absolute atomic E-state index is 0.0933. The number of benzene rings is 2. The van der Waals surface area contributed by atoms with Crippen molar-refractivity contribution in [1.29, 1.82) is 5.26 Å². The van der Waals surface area contributed by atoms with Gasteiger partial charge in [0.25, 0.3) is 5.91 Å². The maximum absolute atomic E-state index is 12.4. The molecule has 28 heavy (non-hydrogen) atoms. The van der Waals surface area contributed by atoms with Crippen molar-refractivity contribution in [2.45, 2.75) is 0 Å². The highest BCUT2D eigenvalue weighted by molar-refractivity contribution is 6.30. The molecule has 3 rings (SSSR count). The van der Waals surface area contributed by atoms with Gasteiger partial charge in [-0.1, -0.05) is 17.7 Å². The number of anilines is 1. The number of rotatable bonds is 5. The Labute approximate surface area is 165 Å². The van der Waals surface area contributed by atoms with Gasteiger partial charge in [-0.3, -0.25) is 4.79 Å². The molecule has 0 atom stereocenters. The summed E-state index contributed by atoms with van der Waals surface area (Å²) in [5.41, 5.74) is 1.73. The SMILES string of the molecule is N#C/C(=C/c1cccn1-c1cccc(C(=O)O)c1)C(=O)Nc1ccc(Cl)cc1. The highest BCUT2D eigenvalue weighted by Crippen LogP contribution is 2.18. The molecule has 6 nitrogen and oxygen atoms in total. The quantitative estimate of drug-likeness (QED) is 0.498. The smallest absolute Gasteiger partial charge is 0.335 e. The second kappa shape index (κ2) is 8.25.